The molecular formula is C25H20O7. The molecular weight excluding hydrogens is 412 g/mol. The van der Waals surface area contributed by atoms with Crippen LogP contribution in [0.15, 0.2) is 88.1 Å². The number of carboxylic acids is 1. The fourth-order valence-corrected chi connectivity index (χ4v) is 3.00. The average molecular weight is 432 g/mol. The summed E-state index contributed by atoms with van der Waals surface area (Å²) < 4.78 is 22.2. The Balaban J connectivity index is 1.24. The molecule has 32 heavy (non-hydrogen) atoms. The molecule has 0 spiro atoms. The van der Waals surface area contributed by atoms with Crippen LogP contribution >= 0.6 is 0 Å². The molecule has 0 unspecified atom stereocenters. The molecule has 0 fully saturated rings. The van der Waals surface area contributed by atoms with Crippen molar-refractivity contribution in [1.82, 2.24) is 0 Å². The molecule has 1 heterocycles. The van der Waals surface area contributed by atoms with Crippen molar-refractivity contribution in [3.8, 4) is 23.0 Å². The van der Waals surface area contributed by atoms with Gasteiger partial charge in [0.05, 0.1) is 13.2 Å². The summed E-state index contributed by atoms with van der Waals surface area (Å²) in [6.07, 6.45) is 0.641. The van der Waals surface area contributed by atoms with Gasteiger partial charge < -0.3 is 23.7 Å². The van der Waals surface area contributed by atoms with Crippen molar-refractivity contribution in [3.63, 3.8) is 0 Å². The van der Waals surface area contributed by atoms with Gasteiger partial charge in [-0.1, -0.05) is 18.2 Å². The maximum absolute atomic E-state index is 11.7. The maximum Gasteiger partial charge on any atom is 0.351 e. The number of carbonyl (C=O) groups is 1. The molecule has 0 bridgehead atoms. The van der Waals surface area contributed by atoms with E-state index in [9.17, 15) is 9.59 Å². The Morgan fingerprint density at radius 2 is 1.41 bits per heavy atom. The van der Waals surface area contributed by atoms with Crippen molar-refractivity contribution in [1.29, 1.82) is 0 Å². The molecule has 0 aliphatic carbocycles. The van der Waals surface area contributed by atoms with Crippen LogP contribution in [0.3, 0.4) is 0 Å². The summed E-state index contributed by atoms with van der Waals surface area (Å²) in [5.41, 5.74) is -1.02. The normalized spacial score (nSPS) is 10.6. The third-order valence-electron chi connectivity index (χ3n) is 4.57. The third-order valence-corrected chi connectivity index (χ3v) is 4.57. The number of aromatic carboxylic acids is 1. The van der Waals surface area contributed by atoms with Crippen LogP contribution in [-0.4, -0.2) is 24.3 Å². The number of benzene rings is 3. The number of rotatable bonds is 9. The number of para-hydroxylation sites is 1. The summed E-state index contributed by atoms with van der Waals surface area (Å²) in [6, 6.07) is 23.1. The second kappa shape index (κ2) is 9.70. The van der Waals surface area contributed by atoms with E-state index in [-0.39, 0.29) is 5.58 Å². The predicted molar refractivity (Wildman–Crippen MR) is 118 cm³/mol. The quantitative estimate of drug-likeness (QED) is 0.289. The Bertz CT molecular complexity index is 1260. The van der Waals surface area contributed by atoms with Gasteiger partial charge in [-0.25, -0.2) is 9.59 Å². The summed E-state index contributed by atoms with van der Waals surface area (Å²) in [4.78, 5) is 22.7. The fraction of sp³-hybridized carbons (Fsp3) is 0.120. The van der Waals surface area contributed by atoms with E-state index >= 15 is 0 Å². The van der Waals surface area contributed by atoms with Crippen molar-refractivity contribution in [2.75, 3.05) is 13.2 Å². The van der Waals surface area contributed by atoms with Crippen LogP contribution in [0, 0.1) is 0 Å². The number of ether oxygens (including phenoxy) is 3. The van der Waals surface area contributed by atoms with Gasteiger partial charge in [-0.2, -0.15) is 0 Å². The van der Waals surface area contributed by atoms with E-state index in [0.717, 1.165) is 17.2 Å². The highest BCUT2D eigenvalue weighted by Gasteiger charge is 2.12. The molecule has 0 atom stereocenters. The lowest BCUT2D eigenvalue weighted by Gasteiger charge is -2.10. The highest BCUT2D eigenvalue weighted by Crippen LogP contribution is 2.24. The number of hydrogen-bond donors (Lipinski definition) is 1. The molecule has 0 radical (unpaired) electrons. The molecule has 0 aliphatic heterocycles. The number of fused-ring (bicyclic) bond motifs is 1. The van der Waals surface area contributed by atoms with Crippen LogP contribution in [0.25, 0.3) is 11.0 Å². The Morgan fingerprint density at radius 3 is 2.12 bits per heavy atom. The molecule has 1 N–H and O–H groups in total. The molecule has 3 aromatic carbocycles. The van der Waals surface area contributed by atoms with E-state index in [1.807, 2.05) is 54.6 Å². The minimum atomic E-state index is -1.32. The number of hydrogen-bond acceptors (Lipinski definition) is 6. The second-order valence-corrected chi connectivity index (χ2v) is 6.89. The fourth-order valence-electron chi connectivity index (χ4n) is 3.00. The molecule has 0 amide bonds. The van der Waals surface area contributed by atoms with Gasteiger partial charge >= 0.3 is 11.6 Å². The van der Waals surface area contributed by atoms with Gasteiger partial charge in [0.15, 0.2) is 0 Å². The van der Waals surface area contributed by atoms with Crippen LogP contribution in [0.2, 0.25) is 0 Å². The van der Waals surface area contributed by atoms with Crippen LogP contribution in [0.4, 0.5) is 0 Å². The first kappa shape index (κ1) is 21.0. The van der Waals surface area contributed by atoms with Crippen molar-refractivity contribution in [2.24, 2.45) is 0 Å². The lowest BCUT2D eigenvalue weighted by atomic mass is 10.2. The summed E-state index contributed by atoms with van der Waals surface area (Å²) in [6.45, 7) is 0.863. The Morgan fingerprint density at radius 1 is 0.781 bits per heavy atom. The first-order chi connectivity index (χ1) is 15.6. The van der Waals surface area contributed by atoms with E-state index in [1.165, 1.54) is 6.07 Å². The monoisotopic (exact) mass is 432 g/mol. The van der Waals surface area contributed by atoms with Crippen molar-refractivity contribution in [2.45, 2.75) is 6.42 Å². The summed E-state index contributed by atoms with van der Waals surface area (Å²) in [7, 11) is 0. The first-order valence-electron chi connectivity index (χ1n) is 9.98. The average Bonchev–Trinajstić information content (AvgIpc) is 2.80. The van der Waals surface area contributed by atoms with Crippen molar-refractivity contribution < 1.29 is 28.5 Å². The molecule has 4 rings (SSSR count). The molecule has 0 aliphatic rings. The smallest absolute Gasteiger partial charge is 0.351 e. The largest absolute Gasteiger partial charge is 0.493 e. The zero-order chi connectivity index (χ0) is 22.3. The van der Waals surface area contributed by atoms with E-state index in [4.69, 9.17) is 23.7 Å². The molecule has 0 saturated heterocycles. The molecule has 4 aromatic rings. The maximum atomic E-state index is 11.7. The molecule has 162 valence electrons. The van der Waals surface area contributed by atoms with Gasteiger partial charge in [0.1, 0.15) is 34.1 Å². The van der Waals surface area contributed by atoms with Gasteiger partial charge in [0.2, 0.25) is 0 Å². The molecule has 7 nitrogen and oxygen atoms in total. The lowest BCUT2D eigenvalue weighted by Crippen LogP contribution is -2.12. The van der Waals surface area contributed by atoms with Crippen LogP contribution in [-0.2, 0) is 0 Å². The summed E-state index contributed by atoms with van der Waals surface area (Å²) >= 11 is 0. The second-order valence-electron chi connectivity index (χ2n) is 6.89. The van der Waals surface area contributed by atoms with Gasteiger partial charge in [-0.15, -0.1) is 0 Å². The predicted octanol–water partition coefficient (Wildman–Crippen LogP) is 5.13. The van der Waals surface area contributed by atoms with E-state index in [1.54, 1.807) is 18.2 Å². The van der Waals surface area contributed by atoms with E-state index < -0.39 is 17.2 Å². The topological polar surface area (TPSA) is 95.2 Å². The minimum absolute atomic E-state index is 0.270. The van der Waals surface area contributed by atoms with Crippen molar-refractivity contribution >= 4 is 16.9 Å². The first-order valence-corrected chi connectivity index (χ1v) is 9.98. The van der Waals surface area contributed by atoms with Gasteiger partial charge in [0.25, 0.3) is 0 Å². The summed E-state index contributed by atoms with van der Waals surface area (Å²) in [5.74, 6) is 1.43. The molecule has 1 aromatic heterocycles. The van der Waals surface area contributed by atoms with Gasteiger partial charge in [0, 0.05) is 17.9 Å². The zero-order valence-corrected chi connectivity index (χ0v) is 17.0. The SMILES string of the molecule is O=C(O)c1cc2ccc(OCCCOc3ccc(Oc4ccccc4)cc3)cc2oc1=O. The Labute approximate surface area is 183 Å². The minimum Gasteiger partial charge on any atom is -0.493 e. The highest BCUT2D eigenvalue weighted by atomic mass is 16.5. The van der Waals surface area contributed by atoms with Crippen LogP contribution in [0.5, 0.6) is 23.0 Å². The zero-order valence-electron chi connectivity index (χ0n) is 17.0. The van der Waals surface area contributed by atoms with Crippen LogP contribution in [0.1, 0.15) is 16.8 Å². The summed E-state index contributed by atoms with van der Waals surface area (Å²) in [5, 5.41) is 9.51. The van der Waals surface area contributed by atoms with Gasteiger partial charge in [-0.3, -0.25) is 0 Å². The standard InChI is InChI=1S/C25H20O7/c26-24(27)22-15-17-7-8-21(16-23(17)32-25(22)28)30-14-4-13-29-18-9-11-20(12-10-18)31-19-5-2-1-3-6-19/h1-3,5-12,15-16H,4,13-14H2,(H,26,27). The molecule has 0 saturated carbocycles. The Hall–Kier alpha value is -4.26. The number of carboxylic acid groups (broad SMARTS) is 1. The van der Waals surface area contributed by atoms with E-state index in [2.05, 4.69) is 0 Å². The molecule has 7 heteroatoms. The highest BCUT2D eigenvalue weighted by molar-refractivity contribution is 5.91. The van der Waals surface area contributed by atoms with E-state index in [0.29, 0.717) is 30.8 Å². The third kappa shape index (κ3) is 5.26. The van der Waals surface area contributed by atoms with Crippen molar-refractivity contribution in [3.05, 3.63) is 94.8 Å². The Kier molecular flexibility index (Phi) is 6.36. The lowest BCUT2D eigenvalue weighted by molar-refractivity contribution is 0.0692. The van der Waals surface area contributed by atoms with Gasteiger partial charge in [-0.05, 0) is 54.6 Å². The van der Waals surface area contributed by atoms with Crippen LogP contribution < -0.4 is 19.8 Å².